The number of hydrogen-bond donors (Lipinski definition) is 0. The number of allylic oxidation sites excluding steroid dienone is 2. The molecule has 2 aliphatic carbocycles. The lowest BCUT2D eigenvalue weighted by molar-refractivity contribution is 0.115. The molecule has 0 atom stereocenters. The van der Waals surface area contributed by atoms with Crippen LogP contribution in [0, 0.1) is 16.2 Å². The lowest BCUT2D eigenvalue weighted by Gasteiger charge is -2.39. The molecule has 0 unspecified atom stereocenters. The Morgan fingerprint density at radius 2 is 1.45 bits per heavy atom. The summed E-state index contributed by atoms with van der Waals surface area (Å²) in [4.78, 5) is 0. The quantitative estimate of drug-likeness (QED) is 0.464. The normalized spacial score (nSPS) is 34.5. The van der Waals surface area contributed by atoms with Crippen LogP contribution >= 0.6 is 0 Å². The molecule has 11 heavy (non-hydrogen) atoms. The van der Waals surface area contributed by atoms with E-state index in [2.05, 4.69) is 39.8 Å². The Hall–Kier alpha value is -0.260. The molecule has 2 rings (SSSR count). The molecule has 0 amide bonds. The highest BCUT2D eigenvalue weighted by molar-refractivity contribution is 5.28. The van der Waals surface area contributed by atoms with Crippen LogP contribution in [-0.2, 0) is 0 Å². The minimum Gasteiger partial charge on any atom is -0.0817 e. The molecule has 0 bridgehead atoms. The van der Waals surface area contributed by atoms with Gasteiger partial charge in [-0.25, -0.2) is 0 Å². The maximum absolute atomic E-state index is 2.47. The summed E-state index contributed by atoms with van der Waals surface area (Å²) in [6.45, 7) is 9.55. The predicted octanol–water partition coefficient (Wildman–Crippen LogP) is 3.39. The SMILES string of the molecule is CC1(C)C=CC2(CC2)C1(C)C. The molecule has 62 valence electrons. The van der Waals surface area contributed by atoms with Crippen LogP contribution in [0.3, 0.4) is 0 Å². The molecular weight excluding hydrogens is 132 g/mol. The minimum absolute atomic E-state index is 0.406. The summed E-state index contributed by atoms with van der Waals surface area (Å²) in [6, 6.07) is 0. The van der Waals surface area contributed by atoms with E-state index in [9.17, 15) is 0 Å². The first-order chi connectivity index (χ1) is 4.91. The molecule has 0 heterocycles. The molecule has 1 fully saturated rings. The fraction of sp³-hybridized carbons (Fsp3) is 0.818. The van der Waals surface area contributed by atoms with Crippen molar-refractivity contribution in [1.29, 1.82) is 0 Å². The molecule has 0 aromatic heterocycles. The van der Waals surface area contributed by atoms with Gasteiger partial charge in [-0.3, -0.25) is 0 Å². The molecule has 0 saturated heterocycles. The van der Waals surface area contributed by atoms with Gasteiger partial charge in [0.05, 0.1) is 0 Å². The van der Waals surface area contributed by atoms with Crippen LogP contribution in [0.15, 0.2) is 12.2 Å². The summed E-state index contributed by atoms with van der Waals surface area (Å²) in [5.41, 5.74) is 1.49. The average Bonchev–Trinajstić information content (AvgIpc) is 2.60. The van der Waals surface area contributed by atoms with Gasteiger partial charge < -0.3 is 0 Å². The van der Waals surface area contributed by atoms with Gasteiger partial charge in [0.15, 0.2) is 0 Å². The van der Waals surface area contributed by atoms with Gasteiger partial charge in [-0.2, -0.15) is 0 Å². The maximum Gasteiger partial charge on any atom is -0.00582 e. The van der Waals surface area contributed by atoms with Crippen molar-refractivity contribution >= 4 is 0 Å². The maximum atomic E-state index is 2.47. The summed E-state index contributed by atoms with van der Waals surface area (Å²) in [5, 5.41) is 0. The molecule has 0 nitrogen and oxygen atoms in total. The Morgan fingerprint density at radius 3 is 1.64 bits per heavy atom. The Labute approximate surface area is 69.7 Å². The van der Waals surface area contributed by atoms with E-state index in [1.54, 1.807) is 0 Å². The molecule has 0 N–H and O–H groups in total. The van der Waals surface area contributed by atoms with Gasteiger partial charge >= 0.3 is 0 Å². The topological polar surface area (TPSA) is 0 Å². The number of hydrogen-bond acceptors (Lipinski definition) is 0. The molecule has 1 saturated carbocycles. The third-order valence-corrected chi connectivity index (χ3v) is 4.46. The molecule has 1 spiro atoms. The standard InChI is InChI=1S/C11H18/c1-9(2)5-6-11(7-8-11)10(9,3)4/h5-6H,7-8H2,1-4H3. The Morgan fingerprint density at radius 1 is 0.909 bits per heavy atom. The van der Waals surface area contributed by atoms with Crippen molar-refractivity contribution in [3.63, 3.8) is 0 Å². The van der Waals surface area contributed by atoms with Crippen molar-refractivity contribution in [3.05, 3.63) is 12.2 Å². The van der Waals surface area contributed by atoms with E-state index in [1.807, 2.05) is 0 Å². The zero-order chi connectivity index (χ0) is 8.33. The molecular formula is C11H18. The Bertz CT molecular complexity index is 204. The predicted molar refractivity (Wildman–Crippen MR) is 48.4 cm³/mol. The zero-order valence-electron chi connectivity index (χ0n) is 8.07. The molecule has 0 radical (unpaired) electrons. The van der Waals surface area contributed by atoms with Crippen molar-refractivity contribution < 1.29 is 0 Å². The van der Waals surface area contributed by atoms with Crippen molar-refractivity contribution in [2.45, 2.75) is 40.5 Å². The van der Waals surface area contributed by atoms with Gasteiger partial charge in [0.25, 0.3) is 0 Å². The molecule has 0 heteroatoms. The lowest BCUT2D eigenvalue weighted by atomic mass is 9.64. The van der Waals surface area contributed by atoms with E-state index in [1.165, 1.54) is 12.8 Å². The van der Waals surface area contributed by atoms with Crippen LogP contribution in [0.2, 0.25) is 0 Å². The van der Waals surface area contributed by atoms with Crippen LogP contribution in [-0.4, -0.2) is 0 Å². The fourth-order valence-electron chi connectivity index (χ4n) is 2.35. The highest BCUT2D eigenvalue weighted by Crippen LogP contribution is 2.69. The second-order valence-corrected chi connectivity index (χ2v) is 5.34. The first-order valence-electron chi connectivity index (χ1n) is 4.62. The van der Waals surface area contributed by atoms with Crippen molar-refractivity contribution in [2.24, 2.45) is 16.2 Å². The van der Waals surface area contributed by atoms with Crippen LogP contribution in [0.1, 0.15) is 40.5 Å². The van der Waals surface area contributed by atoms with Gasteiger partial charge in [-0.15, -0.1) is 0 Å². The first kappa shape index (κ1) is 7.39. The lowest BCUT2D eigenvalue weighted by Crippen LogP contribution is -2.33. The third kappa shape index (κ3) is 0.660. The minimum atomic E-state index is 0.406. The van der Waals surface area contributed by atoms with Crippen LogP contribution in [0.5, 0.6) is 0 Å². The highest BCUT2D eigenvalue weighted by atomic mass is 14.6. The van der Waals surface area contributed by atoms with E-state index < -0.39 is 0 Å². The smallest absolute Gasteiger partial charge is 0.00582 e. The van der Waals surface area contributed by atoms with Gasteiger partial charge in [0, 0.05) is 0 Å². The summed E-state index contributed by atoms with van der Waals surface area (Å²) in [7, 11) is 0. The zero-order valence-corrected chi connectivity index (χ0v) is 8.07. The third-order valence-electron chi connectivity index (χ3n) is 4.46. The van der Waals surface area contributed by atoms with Crippen LogP contribution in [0.4, 0.5) is 0 Å². The monoisotopic (exact) mass is 150 g/mol. The van der Waals surface area contributed by atoms with Crippen LogP contribution in [0.25, 0.3) is 0 Å². The first-order valence-corrected chi connectivity index (χ1v) is 4.62. The summed E-state index contributed by atoms with van der Waals surface area (Å²) < 4.78 is 0. The van der Waals surface area contributed by atoms with Gasteiger partial charge in [-0.05, 0) is 29.1 Å². The summed E-state index contributed by atoms with van der Waals surface area (Å²) >= 11 is 0. The van der Waals surface area contributed by atoms with E-state index in [-0.39, 0.29) is 0 Å². The van der Waals surface area contributed by atoms with Gasteiger partial charge in [0.2, 0.25) is 0 Å². The second kappa shape index (κ2) is 1.57. The highest BCUT2D eigenvalue weighted by Gasteiger charge is 2.60. The summed E-state index contributed by atoms with van der Waals surface area (Å²) in [5.74, 6) is 0. The fourth-order valence-corrected chi connectivity index (χ4v) is 2.35. The molecule has 0 aliphatic heterocycles. The van der Waals surface area contributed by atoms with Crippen molar-refractivity contribution in [1.82, 2.24) is 0 Å². The van der Waals surface area contributed by atoms with E-state index in [0.717, 1.165) is 0 Å². The van der Waals surface area contributed by atoms with Crippen LogP contribution < -0.4 is 0 Å². The number of rotatable bonds is 0. The Balaban J connectivity index is 2.41. The van der Waals surface area contributed by atoms with Gasteiger partial charge in [-0.1, -0.05) is 39.8 Å². The largest absolute Gasteiger partial charge is 0.0817 e. The average molecular weight is 150 g/mol. The van der Waals surface area contributed by atoms with Crippen molar-refractivity contribution in [3.8, 4) is 0 Å². The molecule has 0 aromatic carbocycles. The Kier molecular flexibility index (Phi) is 1.06. The van der Waals surface area contributed by atoms with E-state index in [0.29, 0.717) is 16.2 Å². The van der Waals surface area contributed by atoms with Gasteiger partial charge in [0.1, 0.15) is 0 Å². The van der Waals surface area contributed by atoms with E-state index in [4.69, 9.17) is 0 Å². The summed E-state index contributed by atoms with van der Waals surface area (Å²) in [6.07, 6.45) is 7.72. The molecule has 2 aliphatic rings. The molecule has 0 aromatic rings. The van der Waals surface area contributed by atoms with E-state index >= 15 is 0 Å². The second-order valence-electron chi connectivity index (χ2n) is 5.34. The van der Waals surface area contributed by atoms with Crippen molar-refractivity contribution in [2.75, 3.05) is 0 Å².